The van der Waals surface area contributed by atoms with Gasteiger partial charge in [-0.3, -0.25) is 9.69 Å². The molecule has 1 atom stereocenters. The highest BCUT2D eigenvalue weighted by molar-refractivity contribution is 9.10. The van der Waals surface area contributed by atoms with Crippen molar-refractivity contribution in [2.24, 2.45) is 0 Å². The first-order valence-corrected chi connectivity index (χ1v) is 9.11. The highest BCUT2D eigenvalue weighted by atomic mass is 79.9. The van der Waals surface area contributed by atoms with Crippen LogP contribution < -0.4 is 10.2 Å². The molecule has 2 aromatic carbocycles. The van der Waals surface area contributed by atoms with Crippen molar-refractivity contribution in [3.63, 3.8) is 0 Å². The smallest absolute Gasteiger partial charge is 0.259 e. The molecule has 0 aromatic heterocycles. The van der Waals surface area contributed by atoms with E-state index in [4.69, 9.17) is 35.4 Å². The number of benzene rings is 2. The number of carbonyl (C=O) groups excluding carboxylic acids is 1. The minimum Gasteiger partial charge on any atom is -0.348 e. The highest BCUT2D eigenvalue weighted by Crippen LogP contribution is 2.31. The van der Waals surface area contributed by atoms with Crippen molar-refractivity contribution in [3.05, 3.63) is 62.5 Å². The zero-order valence-corrected chi connectivity index (χ0v) is 16.6. The molecular formula is C17H13BrCl2N2OS. The minimum absolute atomic E-state index is 0.131. The molecule has 0 aliphatic carbocycles. The van der Waals surface area contributed by atoms with Crippen LogP contribution in [-0.2, 0) is 11.2 Å². The Balaban J connectivity index is 1.91. The summed E-state index contributed by atoms with van der Waals surface area (Å²) >= 11 is 20.9. The fourth-order valence-electron chi connectivity index (χ4n) is 2.72. The van der Waals surface area contributed by atoms with Gasteiger partial charge in [-0.1, -0.05) is 51.3 Å². The Hall–Kier alpha value is -1.14. The third-order valence-corrected chi connectivity index (χ3v) is 5.09. The van der Waals surface area contributed by atoms with Gasteiger partial charge in [0.05, 0.1) is 5.69 Å². The zero-order chi connectivity index (χ0) is 17.5. The molecule has 1 saturated heterocycles. The molecule has 1 fully saturated rings. The molecule has 7 heteroatoms. The van der Waals surface area contributed by atoms with E-state index >= 15 is 0 Å². The van der Waals surface area contributed by atoms with E-state index in [-0.39, 0.29) is 5.91 Å². The summed E-state index contributed by atoms with van der Waals surface area (Å²) in [6.07, 6.45) is 0.518. The first-order chi connectivity index (χ1) is 11.3. The van der Waals surface area contributed by atoms with Crippen LogP contribution in [0.4, 0.5) is 5.69 Å². The standard InChI is InChI=1S/C17H13BrCl2N2OS/c1-17(9-10-2-4-11(18)5-3-10)15(23)22(16(24)21-17)14-7-12(19)6-13(20)8-14/h2-8H,9H2,1H3,(H,21,24)/t17-/m1/s1. The lowest BCUT2D eigenvalue weighted by Crippen LogP contribution is -2.46. The lowest BCUT2D eigenvalue weighted by molar-refractivity contribution is -0.121. The number of nitrogens with zero attached hydrogens (tertiary/aromatic N) is 1. The van der Waals surface area contributed by atoms with E-state index in [2.05, 4.69) is 21.2 Å². The molecule has 24 heavy (non-hydrogen) atoms. The van der Waals surface area contributed by atoms with Crippen molar-refractivity contribution in [2.75, 3.05) is 4.90 Å². The minimum atomic E-state index is -0.820. The van der Waals surface area contributed by atoms with Gasteiger partial charge >= 0.3 is 0 Å². The van der Waals surface area contributed by atoms with Crippen LogP contribution in [0.25, 0.3) is 0 Å². The molecule has 3 nitrogen and oxygen atoms in total. The third-order valence-electron chi connectivity index (χ3n) is 3.84. The number of nitrogens with one attached hydrogen (secondary N) is 1. The van der Waals surface area contributed by atoms with Crippen LogP contribution >= 0.6 is 51.3 Å². The molecule has 1 amide bonds. The molecule has 0 saturated carbocycles. The summed E-state index contributed by atoms with van der Waals surface area (Å²) in [4.78, 5) is 14.5. The van der Waals surface area contributed by atoms with Gasteiger partial charge in [0.2, 0.25) is 0 Å². The van der Waals surface area contributed by atoms with Crippen LogP contribution in [0.2, 0.25) is 10.0 Å². The molecule has 3 rings (SSSR count). The maximum atomic E-state index is 13.0. The second-order valence-corrected chi connectivity index (χ2v) is 8.01. The van der Waals surface area contributed by atoms with E-state index in [1.807, 2.05) is 31.2 Å². The lowest BCUT2D eigenvalue weighted by Gasteiger charge is -2.22. The number of hydrogen-bond donors (Lipinski definition) is 1. The number of carbonyl (C=O) groups is 1. The lowest BCUT2D eigenvalue weighted by atomic mass is 9.93. The van der Waals surface area contributed by atoms with Gasteiger partial charge in [0.15, 0.2) is 5.11 Å². The molecule has 1 N–H and O–H groups in total. The molecule has 1 aliphatic rings. The quantitative estimate of drug-likeness (QED) is 0.679. The molecule has 2 aromatic rings. The topological polar surface area (TPSA) is 32.3 Å². The Morgan fingerprint density at radius 3 is 2.33 bits per heavy atom. The summed E-state index contributed by atoms with van der Waals surface area (Å²) in [5.41, 5.74) is 0.782. The van der Waals surface area contributed by atoms with Gasteiger partial charge in [-0.25, -0.2) is 0 Å². The Labute approximate surface area is 164 Å². The number of halogens is 3. The van der Waals surface area contributed by atoms with Crippen LogP contribution in [-0.4, -0.2) is 16.6 Å². The molecule has 0 bridgehead atoms. The monoisotopic (exact) mass is 442 g/mol. The van der Waals surface area contributed by atoms with Gasteiger partial charge < -0.3 is 5.32 Å². The summed E-state index contributed by atoms with van der Waals surface area (Å²) < 4.78 is 0.993. The number of thiocarbonyl (C=S) groups is 1. The van der Waals surface area contributed by atoms with Crippen molar-refractivity contribution >= 4 is 68.1 Å². The van der Waals surface area contributed by atoms with Gasteiger partial charge in [-0.15, -0.1) is 0 Å². The molecular weight excluding hydrogens is 431 g/mol. The van der Waals surface area contributed by atoms with Gasteiger partial charge in [0, 0.05) is 20.9 Å². The maximum Gasteiger partial charge on any atom is 0.259 e. The van der Waals surface area contributed by atoms with E-state index in [1.54, 1.807) is 18.2 Å². The molecule has 0 unspecified atom stereocenters. The number of anilines is 1. The molecule has 0 radical (unpaired) electrons. The molecule has 1 aliphatic heterocycles. The van der Waals surface area contributed by atoms with Crippen molar-refractivity contribution in [2.45, 2.75) is 18.9 Å². The Bertz CT molecular complexity index is 808. The van der Waals surface area contributed by atoms with Crippen molar-refractivity contribution in [1.82, 2.24) is 5.32 Å². The summed E-state index contributed by atoms with van der Waals surface area (Å²) in [6.45, 7) is 1.84. The first kappa shape index (κ1) is 17.7. The van der Waals surface area contributed by atoms with Gasteiger partial charge in [0.25, 0.3) is 5.91 Å². The van der Waals surface area contributed by atoms with Gasteiger partial charge in [-0.05, 0) is 55.0 Å². The molecule has 124 valence electrons. The second kappa shape index (κ2) is 6.64. The van der Waals surface area contributed by atoms with Crippen LogP contribution in [0.1, 0.15) is 12.5 Å². The van der Waals surface area contributed by atoms with Gasteiger partial charge in [0.1, 0.15) is 5.54 Å². The van der Waals surface area contributed by atoms with E-state index in [9.17, 15) is 4.79 Å². The Kier molecular flexibility index (Phi) is 4.89. The van der Waals surface area contributed by atoms with Crippen molar-refractivity contribution < 1.29 is 4.79 Å². The van der Waals surface area contributed by atoms with Gasteiger partial charge in [-0.2, -0.15) is 0 Å². The summed E-state index contributed by atoms with van der Waals surface area (Å²) in [7, 11) is 0. The van der Waals surface area contributed by atoms with E-state index < -0.39 is 5.54 Å². The van der Waals surface area contributed by atoms with E-state index in [1.165, 1.54) is 4.90 Å². The van der Waals surface area contributed by atoms with Crippen LogP contribution in [0.3, 0.4) is 0 Å². The average molecular weight is 444 g/mol. The predicted molar refractivity (Wildman–Crippen MR) is 106 cm³/mol. The SMILES string of the molecule is C[C@]1(Cc2ccc(Br)cc2)NC(=S)N(c2cc(Cl)cc(Cl)c2)C1=O. The first-order valence-electron chi connectivity index (χ1n) is 7.16. The summed E-state index contributed by atoms with van der Waals surface area (Å²) in [5, 5.41) is 4.39. The fraction of sp³-hybridized carbons (Fsp3) is 0.176. The second-order valence-electron chi connectivity index (χ2n) is 5.83. The molecule has 0 spiro atoms. The van der Waals surface area contributed by atoms with Crippen LogP contribution in [0.15, 0.2) is 46.9 Å². The molecule has 1 heterocycles. The van der Waals surface area contributed by atoms with Crippen molar-refractivity contribution in [1.29, 1.82) is 0 Å². The maximum absolute atomic E-state index is 13.0. The predicted octanol–water partition coefficient (Wildman–Crippen LogP) is 4.98. The Morgan fingerprint density at radius 2 is 1.75 bits per heavy atom. The van der Waals surface area contributed by atoms with Crippen LogP contribution in [0.5, 0.6) is 0 Å². The zero-order valence-electron chi connectivity index (χ0n) is 12.6. The highest BCUT2D eigenvalue weighted by Gasteiger charge is 2.46. The third kappa shape index (κ3) is 3.45. The number of hydrogen-bond acceptors (Lipinski definition) is 2. The normalized spacial score (nSPS) is 20.4. The van der Waals surface area contributed by atoms with E-state index in [0.29, 0.717) is 27.3 Å². The van der Waals surface area contributed by atoms with Crippen LogP contribution in [0, 0.1) is 0 Å². The largest absolute Gasteiger partial charge is 0.348 e. The summed E-state index contributed by atoms with van der Waals surface area (Å²) in [5.74, 6) is -0.131. The number of amides is 1. The summed E-state index contributed by atoms with van der Waals surface area (Å²) in [6, 6.07) is 12.8. The number of rotatable bonds is 3. The fourth-order valence-corrected chi connectivity index (χ4v) is 3.91. The average Bonchev–Trinajstić information content (AvgIpc) is 2.70. The van der Waals surface area contributed by atoms with E-state index in [0.717, 1.165) is 10.0 Å². The Morgan fingerprint density at radius 1 is 1.17 bits per heavy atom. The van der Waals surface area contributed by atoms with Crippen molar-refractivity contribution in [3.8, 4) is 0 Å².